The Morgan fingerprint density at radius 2 is 1.84 bits per heavy atom. The second kappa shape index (κ2) is 9.21. The molecule has 156 valence electrons. The van der Waals surface area contributed by atoms with Gasteiger partial charge in [0.25, 0.3) is 0 Å². The molecule has 0 atom stereocenters. The van der Waals surface area contributed by atoms with Gasteiger partial charge in [-0.2, -0.15) is 5.10 Å². The van der Waals surface area contributed by atoms with Gasteiger partial charge in [-0.15, -0.1) is 0 Å². The minimum absolute atomic E-state index is 0.0363. The number of carbonyl (C=O) groups excluding carboxylic acids is 1. The van der Waals surface area contributed by atoms with Crippen LogP contribution in [0.2, 0.25) is 0 Å². The first-order valence-electron chi connectivity index (χ1n) is 9.79. The number of aliphatic hydroxyl groups is 1. The van der Waals surface area contributed by atoms with Gasteiger partial charge in [-0.25, -0.2) is 9.37 Å². The van der Waals surface area contributed by atoms with Crippen molar-refractivity contribution in [1.82, 2.24) is 15.2 Å². The fourth-order valence-electron chi connectivity index (χ4n) is 3.27. The van der Waals surface area contributed by atoms with Gasteiger partial charge in [-0.1, -0.05) is 42.5 Å². The van der Waals surface area contributed by atoms with E-state index in [0.29, 0.717) is 36.3 Å². The van der Waals surface area contributed by atoms with Gasteiger partial charge in [-0.3, -0.25) is 9.89 Å². The number of ketones is 1. The maximum atomic E-state index is 13.2. The van der Waals surface area contributed by atoms with E-state index in [2.05, 4.69) is 15.2 Å². The summed E-state index contributed by atoms with van der Waals surface area (Å²) in [5, 5.41) is 16.4. The lowest BCUT2D eigenvalue weighted by Gasteiger charge is -2.02. The number of hydrogen-bond acceptors (Lipinski definition) is 5. The van der Waals surface area contributed by atoms with Crippen LogP contribution in [0.4, 0.5) is 4.39 Å². The highest BCUT2D eigenvalue weighted by Gasteiger charge is 2.18. The van der Waals surface area contributed by atoms with E-state index in [-0.39, 0.29) is 17.4 Å². The van der Waals surface area contributed by atoms with Crippen LogP contribution in [0.25, 0.3) is 5.76 Å². The summed E-state index contributed by atoms with van der Waals surface area (Å²) in [5.41, 5.74) is 2.36. The third-order valence-corrected chi connectivity index (χ3v) is 4.81. The van der Waals surface area contributed by atoms with Gasteiger partial charge in [0, 0.05) is 18.9 Å². The van der Waals surface area contributed by atoms with Crippen LogP contribution in [-0.4, -0.2) is 26.1 Å². The first-order valence-corrected chi connectivity index (χ1v) is 9.79. The standard InChI is InChI=1S/C24H20FN3O3/c25-18-9-6-17(7-10-18)12-19-13-20(21(29)14-22(30)24-26-15-27-28-24)23(31-19)11-8-16-4-2-1-3-5-16/h1-7,9-10,13-15,30H,8,11-12H2,(H,26,27,28). The Morgan fingerprint density at radius 3 is 2.55 bits per heavy atom. The number of aromatic nitrogens is 3. The van der Waals surface area contributed by atoms with Crippen LogP contribution in [0.15, 0.2) is 77.5 Å². The van der Waals surface area contributed by atoms with Crippen LogP contribution in [-0.2, 0) is 19.3 Å². The molecule has 4 aromatic rings. The van der Waals surface area contributed by atoms with Crippen molar-refractivity contribution in [3.8, 4) is 0 Å². The van der Waals surface area contributed by atoms with Crippen LogP contribution >= 0.6 is 0 Å². The van der Waals surface area contributed by atoms with E-state index in [1.165, 1.54) is 18.5 Å². The quantitative estimate of drug-likeness (QED) is 0.246. The lowest BCUT2D eigenvalue weighted by atomic mass is 10.0. The molecule has 0 saturated carbocycles. The molecule has 2 N–H and O–H groups in total. The molecule has 7 heteroatoms. The molecule has 0 saturated heterocycles. The number of furan rings is 1. The molecule has 0 aliphatic carbocycles. The third-order valence-electron chi connectivity index (χ3n) is 4.81. The smallest absolute Gasteiger partial charge is 0.215 e. The van der Waals surface area contributed by atoms with Gasteiger partial charge in [0.05, 0.1) is 5.56 Å². The summed E-state index contributed by atoms with van der Waals surface area (Å²) in [6, 6.07) is 17.7. The highest BCUT2D eigenvalue weighted by Crippen LogP contribution is 2.23. The summed E-state index contributed by atoms with van der Waals surface area (Å²) in [6.45, 7) is 0. The first kappa shape index (κ1) is 20.3. The minimum Gasteiger partial charge on any atom is -0.504 e. The molecule has 4 rings (SSSR count). The van der Waals surface area contributed by atoms with Crippen molar-refractivity contribution >= 4 is 11.5 Å². The molecule has 0 fully saturated rings. The third kappa shape index (κ3) is 5.14. The van der Waals surface area contributed by atoms with E-state index in [0.717, 1.165) is 17.2 Å². The van der Waals surface area contributed by atoms with E-state index in [4.69, 9.17) is 4.42 Å². The largest absolute Gasteiger partial charge is 0.504 e. The van der Waals surface area contributed by atoms with Crippen molar-refractivity contribution in [1.29, 1.82) is 0 Å². The van der Waals surface area contributed by atoms with Crippen molar-refractivity contribution < 1.29 is 18.7 Å². The van der Waals surface area contributed by atoms with Gasteiger partial charge in [-0.05, 0) is 35.7 Å². The van der Waals surface area contributed by atoms with Crippen molar-refractivity contribution in [2.24, 2.45) is 0 Å². The summed E-state index contributed by atoms with van der Waals surface area (Å²) < 4.78 is 19.2. The maximum absolute atomic E-state index is 13.2. The normalized spacial score (nSPS) is 11.6. The van der Waals surface area contributed by atoms with Crippen LogP contribution in [0.1, 0.15) is 38.8 Å². The van der Waals surface area contributed by atoms with Gasteiger partial charge >= 0.3 is 0 Å². The summed E-state index contributed by atoms with van der Waals surface area (Å²) in [6.07, 6.45) is 4.03. The number of benzene rings is 2. The number of H-pyrrole nitrogens is 1. The SMILES string of the molecule is O=C(C=C(O)c1nc[nH]n1)c1cc(Cc2ccc(F)cc2)oc1CCc1ccccc1. The Labute approximate surface area is 178 Å². The molecule has 0 amide bonds. The van der Waals surface area contributed by atoms with Crippen LogP contribution in [0.3, 0.4) is 0 Å². The molecule has 6 nitrogen and oxygen atoms in total. The zero-order valence-electron chi connectivity index (χ0n) is 16.6. The summed E-state index contributed by atoms with van der Waals surface area (Å²) in [5.74, 6) is 0.110. The highest BCUT2D eigenvalue weighted by atomic mass is 19.1. The molecule has 0 aliphatic heterocycles. The zero-order chi connectivity index (χ0) is 21.6. The molecule has 0 spiro atoms. The Bertz CT molecular complexity index is 1180. The van der Waals surface area contributed by atoms with Crippen molar-refractivity contribution in [2.75, 3.05) is 0 Å². The van der Waals surface area contributed by atoms with Gasteiger partial charge in [0.1, 0.15) is 23.7 Å². The summed E-state index contributed by atoms with van der Waals surface area (Å²) >= 11 is 0. The second-order valence-corrected chi connectivity index (χ2v) is 7.05. The molecule has 2 aromatic heterocycles. The van der Waals surface area contributed by atoms with Crippen LogP contribution < -0.4 is 0 Å². The topological polar surface area (TPSA) is 92.0 Å². The molecule has 0 radical (unpaired) electrons. The predicted octanol–water partition coefficient (Wildman–Crippen LogP) is 4.69. The van der Waals surface area contributed by atoms with Crippen molar-refractivity contribution in [2.45, 2.75) is 19.3 Å². The summed E-state index contributed by atoms with van der Waals surface area (Å²) in [4.78, 5) is 16.7. The lowest BCUT2D eigenvalue weighted by Crippen LogP contribution is -2.01. The lowest BCUT2D eigenvalue weighted by molar-refractivity contribution is 0.104. The zero-order valence-corrected chi connectivity index (χ0v) is 16.6. The molecule has 31 heavy (non-hydrogen) atoms. The van der Waals surface area contributed by atoms with Crippen LogP contribution in [0, 0.1) is 5.82 Å². The molecule has 0 bridgehead atoms. The molecule has 0 aliphatic rings. The molecular weight excluding hydrogens is 397 g/mol. The Kier molecular flexibility index (Phi) is 6.03. The Balaban J connectivity index is 1.60. The number of carbonyl (C=O) groups is 1. The number of aryl methyl sites for hydroxylation is 2. The average molecular weight is 417 g/mol. The van der Waals surface area contributed by atoms with Crippen molar-refractivity contribution in [3.05, 3.63) is 113 Å². The van der Waals surface area contributed by atoms with E-state index < -0.39 is 5.78 Å². The monoisotopic (exact) mass is 417 g/mol. The van der Waals surface area contributed by atoms with Crippen molar-refractivity contribution in [3.63, 3.8) is 0 Å². The average Bonchev–Trinajstić information content (AvgIpc) is 3.45. The molecular formula is C24H20FN3O3. The number of aliphatic hydroxyl groups excluding tert-OH is 1. The number of halogens is 1. The number of hydrogen-bond donors (Lipinski definition) is 2. The van der Waals surface area contributed by atoms with E-state index >= 15 is 0 Å². The maximum Gasteiger partial charge on any atom is 0.215 e. The van der Waals surface area contributed by atoms with Crippen LogP contribution in [0.5, 0.6) is 0 Å². The molecule has 2 aromatic carbocycles. The summed E-state index contributed by atoms with van der Waals surface area (Å²) in [7, 11) is 0. The second-order valence-electron chi connectivity index (χ2n) is 7.05. The number of allylic oxidation sites excluding steroid dienone is 1. The fraction of sp³-hybridized carbons (Fsp3) is 0.125. The Hall–Kier alpha value is -4.00. The number of nitrogens with zero attached hydrogens (tertiary/aromatic N) is 2. The molecule has 2 heterocycles. The molecule has 0 unspecified atom stereocenters. The highest BCUT2D eigenvalue weighted by molar-refractivity contribution is 6.08. The van der Waals surface area contributed by atoms with Gasteiger partial charge < -0.3 is 9.52 Å². The number of rotatable bonds is 8. The van der Waals surface area contributed by atoms with E-state index in [1.807, 2.05) is 30.3 Å². The number of nitrogens with one attached hydrogen (secondary N) is 1. The van der Waals surface area contributed by atoms with Gasteiger partial charge in [0.2, 0.25) is 5.82 Å². The number of aromatic amines is 1. The minimum atomic E-state index is -0.403. The first-order chi connectivity index (χ1) is 15.1. The van der Waals surface area contributed by atoms with Gasteiger partial charge in [0.15, 0.2) is 11.5 Å². The van der Waals surface area contributed by atoms with E-state index in [1.54, 1.807) is 18.2 Å². The van der Waals surface area contributed by atoms with E-state index in [9.17, 15) is 14.3 Å². The fourth-order valence-corrected chi connectivity index (χ4v) is 3.27. The predicted molar refractivity (Wildman–Crippen MR) is 113 cm³/mol. The Morgan fingerprint density at radius 1 is 1.06 bits per heavy atom.